The normalized spacial score (nSPS) is 10.8. The summed E-state index contributed by atoms with van der Waals surface area (Å²) in [5, 5.41) is 3.41. The van der Waals surface area contributed by atoms with Crippen molar-refractivity contribution in [2.45, 2.75) is 25.9 Å². The third-order valence-electron chi connectivity index (χ3n) is 3.94. The van der Waals surface area contributed by atoms with Gasteiger partial charge in [0.15, 0.2) is 4.77 Å². The number of amides is 1. The SMILES string of the molecule is O=C(CCCn1c(=S)[nH]c2ccc(Br)cc2c1=O)NCc1cccnc1. The predicted molar refractivity (Wildman–Crippen MR) is 106 cm³/mol. The zero-order valence-electron chi connectivity index (χ0n) is 13.9. The van der Waals surface area contributed by atoms with Crippen LogP contribution in [0.5, 0.6) is 0 Å². The fraction of sp³-hybridized carbons (Fsp3) is 0.222. The van der Waals surface area contributed by atoms with Gasteiger partial charge < -0.3 is 10.3 Å². The third-order valence-corrected chi connectivity index (χ3v) is 4.76. The number of fused-ring (bicyclic) bond motifs is 1. The van der Waals surface area contributed by atoms with Crippen molar-refractivity contribution in [1.29, 1.82) is 0 Å². The summed E-state index contributed by atoms with van der Waals surface area (Å²) in [6.07, 6.45) is 4.24. The van der Waals surface area contributed by atoms with Crippen LogP contribution in [-0.4, -0.2) is 20.4 Å². The van der Waals surface area contributed by atoms with Crippen molar-refractivity contribution in [2.24, 2.45) is 0 Å². The van der Waals surface area contributed by atoms with Gasteiger partial charge in [-0.3, -0.25) is 19.1 Å². The number of pyridine rings is 1. The van der Waals surface area contributed by atoms with E-state index < -0.39 is 0 Å². The summed E-state index contributed by atoms with van der Waals surface area (Å²) in [6.45, 7) is 0.827. The van der Waals surface area contributed by atoms with Crippen LogP contribution < -0.4 is 10.9 Å². The summed E-state index contributed by atoms with van der Waals surface area (Å²) >= 11 is 8.65. The maximum absolute atomic E-state index is 12.6. The smallest absolute Gasteiger partial charge is 0.262 e. The number of hydrogen-bond donors (Lipinski definition) is 2. The zero-order valence-corrected chi connectivity index (χ0v) is 16.3. The number of carbonyl (C=O) groups is 1. The van der Waals surface area contributed by atoms with Crippen LogP contribution in [0, 0.1) is 4.77 Å². The van der Waals surface area contributed by atoms with E-state index >= 15 is 0 Å². The summed E-state index contributed by atoms with van der Waals surface area (Å²) in [6, 6.07) is 9.16. The molecule has 3 rings (SSSR count). The molecule has 0 saturated carbocycles. The van der Waals surface area contributed by atoms with Gasteiger partial charge in [-0.05, 0) is 48.5 Å². The number of hydrogen-bond acceptors (Lipinski definition) is 4. The quantitative estimate of drug-likeness (QED) is 0.585. The van der Waals surface area contributed by atoms with E-state index in [1.807, 2.05) is 24.3 Å². The Morgan fingerprint density at radius 2 is 2.19 bits per heavy atom. The Hall–Kier alpha value is -2.32. The van der Waals surface area contributed by atoms with Crippen molar-refractivity contribution in [3.05, 3.63) is 67.9 Å². The summed E-state index contributed by atoms with van der Waals surface area (Å²) in [5.41, 5.74) is 1.49. The van der Waals surface area contributed by atoms with Gasteiger partial charge in [0.1, 0.15) is 0 Å². The van der Waals surface area contributed by atoms with Crippen LogP contribution in [0.3, 0.4) is 0 Å². The van der Waals surface area contributed by atoms with Crippen molar-refractivity contribution in [2.75, 3.05) is 0 Å². The van der Waals surface area contributed by atoms with Crippen LogP contribution in [0.25, 0.3) is 10.9 Å². The maximum Gasteiger partial charge on any atom is 0.262 e. The van der Waals surface area contributed by atoms with Crippen molar-refractivity contribution in [1.82, 2.24) is 19.9 Å². The number of aromatic amines is 1. The molecule has 0 saturated heterocycles. The van der Waals surface area contributed by atoms with Crippen LogP contribution in [0.2, 0.25) is 0 Å². The summed E-state index contributed by atoms with van der Waals surface area (Å²) < 4.78 is 2.69. The molecule has 134 valence electrons. The lowest BCUT2D eigenvalue weighted by Gasteiger charge is -2.09. The van der Waals surface area contributed by atoms with E-state index in [1.54, 1.807) is 18.5 Å². The van der Waals surface area contributed by atoms with E-state index in [4.69, 9.17) is 12.2 Å². The first-order valence-electron chi connectivity index (χ1n) is 8.12. The van der Waals surface area contributed by atoms with E-state index in [0.717, 1.165) is 10.0 Å². The number of halogens is 1. The topological polar surface area (TPSA) is 79.8 Å². The van der Waals surface area contributed by atoms with Crippen molar-refractivity contribution < 1.29 is 4.79 Å². The number of benzene rings is 1. The standard InChI is InChI=1S/C18H17BrN4O2S/c19-13-5-6-15-14(9-13)17(25)23(18(26)22-15)8-2-4-16(24)21-11-12-3-1-7-20-10-12/h1,3,5-7,9-10H,2,4,8,11H2,(H,21,24)(H,22,26). The molecular weight excluding hydrogens is 416 g/mol. The van der Waals surface area contributed by atoms with Crippen molar-refractivity contribution >= 4 is 45.0 Å². The van der Waals surface area contributed by atoms with Gasteiger partial charge >= 0.3 is 0 Å². The molecule has 0 bridgehead atoms. The van der Waals surface area contributed by atoms with Gasteiger partial charge in [0, 0.05) is 36.4 Å². The maximum atomic E-state index is 12.6. The Morgan fingerprint density at radius 1 is 1.35 bits per heavy atom. The van der Waals surface area contributed by atoms with Gasteiger partial charge in [0.2, 0.25) is 5.91 Å². The number of carbonyl (C=O) groups excluding carboxylic acids is 1. The minimum Gasteiger partial charge on any atom is -0.352 e. The average Bonchev–Trinajstić information content (AvgIpc) is 2.64. The van der Waals surface area contributed by atoms with Gasteiger partial charge in [-0.15, -0.1) is 0 Å². The number of rotatable bonds is 6. The number of H-pyrrole nitrogens is 1. The minimum absolute atomic E-state index is 0.0691. The first kappa shape index (κ1) is 18.5. The molecule has 0 aliphatic heterocycles. The number of nitrogens with zero attached hydrogens (tertiary/aromatic N) is 2. The zero-order chi connectivity index (χ0) is 18.5. The highest BCUT2D eigenvalue weighted by molar-refractivity contribution is 9.10. The second kappa shape index (κ2) is 8.37. The van der Waals surface area contributed by atoms with Gasteiger partial charge in [0.25, 0.3) is 5.56 Å². The van der Waals surface area contributed by atoms with E-state index in [9.17, 15) is 9.59 Å². The number of aromatic nitrogens is 3. The molecule has 3 aromatic rings. The number of nitrogens with one attached hydrogen (secondary N) is 2. The van der Waals surface area contributed by atoms with Gasteiger partial charge in [-0.2, -0.15) is 0 Å². The summed E-state index contributed by atoms with van der Waals surface area (Å²) in [5.74, 6) is -0.0691. The lowest BCUT2D eigenvalue weighted by molar-refractivity contribution is -0.121. The van der Waals surface area contributed by atoms with Gasteiger partial charge in [-0.25, -0.2) is 0 Å². The Balaban J connectivity index is 1.62. The second-order valence-electron chi connectivity index (χ2n) is 5.82. The third kappa shape index (κ3) is 4.44. The average molecular weight is 433 g/mol. The molecular formula is C18H17BrN4O2S. The Morgan fingerprint density at radius 3 is 2.96 bits per heavy atom. The Kier molecular flexibility index (Phi) is 5.95. The molecule has 0 aliphatic carbocycles. The van der Waals surface area contributed by atoms with Crippen LogP contribution in [0.15, 0.2) is 52.0 Å². The molecule has 0 spiro atoms. The van der Waals surface area contributed by atoms with E-state index in [0.29, 0.717) is 41.6 Å². The molecule has 0 unspecified atom stereocenters. The van der Waals surface area contributed by atoms with E-state index in [-0.39, 0.29) is 11.5 Å². The first-order valence-corrected chi connectivity index (χ1v) is 9.33. The molecule has 26 heavy (non-hydrogen) atoms. The molecule has 6 nitrogen and oxygen atoms in total. The molecule has 8 heteroatoms. The molecule has 0 aliphatic rings. The largest absolute Gasteiger partial charge is 0.352 e. The lowest BCUT2D eigenvalue weighted by Crippen LogP contribution is -2.25. The molecule has 2 heterocycles. The van der Waals surface area contributed by atoms with E-state index in [1.165, 1.54) is 4.57 Å². The minimum atomic E-state index is -0.152. The Bertz CT molecular complexity index is 1050. The summed E-state index contributed by atoms with van der Waals surface area (Å²) in [4.78, 5) is 31.7. The molecule has 2 aromatic heterocycles. The molecule has 2 N–H and O–H groups in total. The molecule has 0 fully saturated rings. The first-order chi connectivity index (χ1) is 12.5. The highest BCUT2D eigenvalue weighted by Crippen LogP contribution is 2.15. The predicted octanol–water partition coefficient (Wildman–Crippen LogP) is 3.31. The molecule has 0 radical (unpaired) electrons. The highest BCUT2D eigenvalue weighted by atomic mass is 79.9. The lowest BCUT2D eigenvalue weighted by atomic mass is 10.2. The van der Waals surface area contributed by atoms with Crippen LogP contribution in [0.4, 0.5) is 0 Å². The van der Waals surface area contributed by atoms with Crippen molar-refractivity contribution in [3.63, 3.8) is 0 Å². The molecule has 1 aromatic carbocycles. The van der Waals surface area contributed by atoms with Crippen molar-refractivity contribution in [3.8, 4) is 0 Å². The van der Waals surface area contributed by atoms with Gasteiger partial charge in [0.05, 0.1) is 10.9 Å². The summed E-state index contributed by atoms with van der Waals surface area (Å²) in [7, 11) is 0. The fourth-order valence-electron chi connectivity index (χ4n) is 2.62. The van der Waals surface area contributed by atoms with Crippen LogP contribution in [-0.2, 0) is 17.9 Å². The monoisotopic (exact) mass is 432 g/mol. The van der Waals surface area contributed by atoms with Gasteiger partial charge in [-0.1, -0.05) is 22.0 Å². The van der Waals surface area contributed by atoms with Crippen LogP contribution >= 0.6 is 28.1 Å². The van der Waals surface area contributed by atoms with E-state index in [2.05, 4.69) is 31.2 Å². The second-order valence-corrected chi connectivity index (χ2v) is 7.12. The molecule has 0 atom stereocenters. The van der Waals surface area contributed by atoms with Crippen LogP contribution in [0.1, 0.15) is 18.4 Å². The highest BCUT2D eigenvalue weighted by Gasteiger charge is 2.08. The Labute approximate surface area is 163 Å². The molecule has 1 amide bonds. The fourth-order valence-corrected chi connectivity index (χ4v) is 3.26.